The Kier molecular flexibility index (Phi) is 3.20. The van der Waals surface area contributed by atoms with E-state index in [0.717, 1.165) is 22.1 Å². The van der Waals surface area contributed by atoms with Gasteiger partial charge in [-0.05, 0) is 48.9 Å². The lowest BCUT2D eigenvalue weighted by Crippen LogP contribution is -2.11. The highest BCUT2D eigenvalue weighted by Gasteiger charge is 2.11. The number of furan rings is 1. The van der Waals surface area contributed by atoms with Crippen LogP contribution in [0.25, 0.3) is 33.7 Å². The van der Waals surface area contributed by atoms with Crippen LogP contribution in [0.5, 0.6) is 5.75 Å². The third kappa shape index (κ3) is 2.46. The molecule has 4 rings (SSSR count). The normalized spacial score (nSPS) is 11.0. The van der Waals surface area contributed by atoms with Crippen LogP contribution >= 0.6 is 0 Å². The van der Waals surface area contributed by atoms with Gasteiger partial charge in [0.2, 0.25) is 0 Å². The van der Waals surface area contributed by atoms with Gasteiger partial charge in [-0.25, -0.2) is 4.79 Å². The van der Waals surface area contributed by atoms with Gasteiger partial charge in [0.1, 0.15) is 11.3 Å². The molecule has 5 nitrogen and oxygen atoms in total. The lowest BCUT2D eigenvalue weighted by Gasteiger charge is -2.05. The van der Waals surface area contributed by atoms with Crippen molar-refractivity contribution in [3.05, 3.63) is 70.6 Å². The number of hydrogen-bond donors (Lipinski definition) is 2. The summed E-state index contributed by atoms with van der Waals surface area (Å²) in [6.45, 7) is 1.80. The fourth-order valence-corrected chi connectivity index (χ4v) is 2.67. The second-order valence-corrected chi connectivity index (χ2v) is 5.63. The number of aromatic nitrogens is 2. The number of para-hydroxylation sites is 1. The molecule has 0 radical (unpaired) electrons. The summed E-state index contributed by atoms with van der Waals surface area (Å²) in [5.74, 6) is 0.786. The van der Waals surface area contributed by atoms with Crippen LogP contribution < -0.4 is 5.69 Å². The first-order valence-corrected chi connectivity index (χ1v) is 7.50. The Hall–Kier alpha value is -3.34. The number of nitrogens with zero attached hydrogens (tertiary/aromatic N) is 1. The molecule has 2 N–H and O–H groups in total. The van der Waals surface area contributed by atoms with E-state index < -0.39 is 5.69 Å². The van der Waals surface area contributed by atoms with Gasteiger partial charge >= 0.3 is 5.69 Å². The van der Waals surface area contributed by atoms with Crippen molar-refractivity contribution in [2.24, 2.45) is 0 Å². The molecule has 118 valence electrons. The Bertz CT molecular complexity index is 1080. The summed E-state index contributed by atoms with van der Waals surface area (Å²) in [6.07, 6.45) is 0. The molecule has 4 aromatic rings. The molecule has 0 saturated heterocycles. The number of phenolic OH excluding ortho intramolecular Hbond substituents is 1. The number of H-pyrrole nitrogens is 1. The number of hydrogen-bond acceptors (Lipinski definition) is 4. The van der Waals surface area contributed by atoms with Gasteiger partial charge < -0.3 is 14.5 Å². The summed E-state index contributed by atoms with van der Waals surface area (Å²) >= 11 is 0. The molecule has 0 unspecified atom stereocenters. The highest BCUT2D eigenvalue weighted by atomic mass is 16.3. The van der Waals surface area contributed by atoms with E-state index in [1.165, 1.54) is 0 Å². The number of aryl methyl sites for hydroxylation is 1. The quantitative estimate of drug-likeness (QED) is 0.588. The van der Waals surface area contributed by atoms with E-state index in [-0.39, 0.29) is 5.75 Å². The zero-order chi connectivity index (χ0) is 16.7. The lowest BCUT2D eigenvalue weighted by atomic mass is 10.1. The summed E-state index contributed by atoms with van der Waals surface area (Å²) in [4.78, 5) is 18.7. The molecule has 0 aliphatic rings. The fourth-order valence-electron chi connectivity index (χ4n) is 2.67. The maximum absolute atomic E-state index is 12.0. The zero-order valence-corrected chi connectivity index (χ0v) is 12.9. The molecule has 0 bridgehead atoms. The Morgan fingerprint density at radius 3 is 2.71 bits per heavy atom. The van der Waals surface area contributed by atoms with Gasteiger partial charge in [-0.3, -0.25) is 0 Å². The predicted octanol–water partition coefficient (Wildman–Crippen LogP) is 3.86. The molecule has 24 heavy (non-hydrogen) atoms. The first-order chi connectivity index (χ1) is 11.6. The lowest BCUT2D eigenvalue weighted by molar-refractivity contribution is 0.471. The van der Waals surface area contributed by atoms with Crippen LogP contribution in [0.3, 0.4) is 0 Å². The summed E-state index contributed by atoms with van der Waals surface area (Å²) in [5, 5.41) is 10.6. The Labute approximate surface area is 137 Å². The summed E-state index contributed by atoms with van der Waals surface area (Å²) in [7, 11) is 0. The van der Waals surface area contributed by atoms with E-state index in [1.54, 1.807) is 31.2 Å². The highest BCUT2D eigenvalue weighted by Crippen LogP contribution is 2.29. The van der Waals surface area contributed by atoms with Crippen LogP contribution in [0, 0.1) is 6.92 Å². The minimum absolute atomic E-state index is 0.209. The number of phenols is 1. The molecule has 5 heteroatoms. The van der Waals surface area contributed by atoms with Crippen molar-refractivity contribution in [2.75, 3.05) is 0 Å². The number of aromatic amines is 1. The average Bonchev–Trinajstić information content (AvgIpc) is 3.01. The van der Waals surface area contributed by atoms with Crippen LogP contribution in [0.15, 0.2) is 63.8 Å². The van der Waals surface area contributed by atoms with Crippen molar-refractivity contribution in [3.63, 3.8) is 0 Å². The van der Waals surface area contributed by atoms with Crippen molar-refractivity contribution in [2.45, 2.75) is 6.92 Å². The summed E-state index contributed by atoms with van der Waals surface area (Å²) in [6, 6.07) is 16.4. The largest absolute Gasteiger partial charge is 0.508 e. The minimum atomic E-state index is -0.450. The smallest absolute Gasteiger partial charge is 0.346 e. The standard InChI is InChI=1S/C19H14N2O3/c1-11-8-12(6-7-16(11)22)14-10-15(21-19(23)20-14)18-9-13-4-2-3-5-17(13)24-18/h2-10,22H,1H3,(H,20,21,23). The van der Waals surface area contributed by atoms with Gasteiger partial charge in [-0.2, -0.15) is 4.98 Å². The maximum atomic E-state index is 12.0. The highest BCUT2D eigenvalue weighted by molar-refractivity contribution is 5.82. The SMILES string of the molecule is Cc1cc(-c2cc(-c3cc4ccccc4o3)[nH]c(=O)n2)ccc1O. The first kappa shape index (κ1) is 14.3. The van der Waals surface area contributed by atoms with Gasteiger partial charge in [0.15, 0.2) is 5.76 Å². The van der Waals surface area contributed by atoms with E-state index >= 15 is 0 Å². The van der Waals surface area contributed by atoms with E-state index in [1.807, 2.05) is 30.3 Å². The molecular formula is C19H14N2O3. The van der Waals surface area contributed by atoms with Crippen LogP contribution in [-0.4, -0.2) is 15.1 Å². The van der Waals surface area contributed by atoms with E-state index in [9.17, 15) is 9.90 Å². The van der Waals surface area contributed by atoms with Crippen molar-refractivity contribution < 1.29 is 9.52 Å². The number of aromatic hydroxyl groups is 1. The molecule has 2 aromatic carbocycles. The number of rotatable bonds is 2. The fraction of sp³-hybridized carbons (Fsp3) is 0.0526. The summed E-state index contributed by atoms with van der Waals surface area (Å²) in [5.41, 5.74) is 2.87. The van der Waals surface area contributed by atoms with E-state index in [2.05, 4.69) is 9.97 Å². The van der Waals surface area contributed by atoms with Crippen LogP contribution in [0.1, 0.15) is 5.56 Å². The predicted molar refractivity (Wildman–Crippen MR) is 91.9 cm³/mol. The second kappa shape index (κ2) is 5.38. The van der Waals surface area contributed by atoms with E-state index in [0.29, 0.717) is 17.1 Å². The Balaban J connectivity index is 1.86. The molecular weight excluding hydrogens is 304 g/mol. The van der Waals surface area contributed by atoms with Crippen molar-refractivity contribution in [3.8, 4) is 28.5 Å². The molecule has 0 spiro atoms. The number of benzene rings is 2. The molecule has 0 fully saturated rings. The Morgan fingerprint density at radius 2 is 1.92 bits per heavy atom. The van der Waals surface area contributed by atoms with Crippen molar-refractivity contribution >= 4 is 11.0 Å². The van der Waals surface area contributed by atoms with Gasteiger partial charge in [0.05, 0.1) is 11.4 Å². The van der Waals surface area contributed by atoms with Crippen LogP contribution in [-0.2, 0) is 0 Å². The monoisotopic (exact) mass is 318 g/mol. The first-order valence-electron chi connectivity index (χ1n) is 7.50. The second-order valence-electron chi connectivity index (χ2n) is 5.63. The number of fused-ring (bicyclic) bond motifs is 1. The van der Waals surface area contributed by atoms with Crippen LogP contribution in [0.4, 0.5) is 0 Å². The molecule has 0 aliphatic carbocycles. The average molecular weight is 318 g/mol. The molecule has 0 atom stereocenters. The van der Waals surface area contributed by atoms with Gasteiger partial charge in [0, 0.05) is 10.9 Å². The Morgan fingerprint density at radius 1 is 1.08 bits per heavy atom. The molecule has 2 aromatic heterocycles. The van der Waals surface area contributed by atoms with Gasteiger partial charge in [0.25, 0.3) is 0 Å². The zero-order valence-electron chi connectivity index (χ0n) is 12.9. The van der Waals surface area contributed by atoms with Crippen LogP contribution in [0.2, 0.25) is 0 Å². The van der Waals surface area contributed by atoms with E-state index in [4.69, 9.17) is 4.42 Å². The van der Waals surface area contributed by atoms with Crippen molar-refractivity contribution in [1.82, 2.24) is 9.97 Å². The van der Waals surface area contributed by atoms with Crippen molar-refractivity contribution in [1.29, 1.82) is 0 Å². The molecule has 0 aliphatic heterocycles. The van der Waals surface area contributed by atoms with Gasteiger partial charge in [-0.15, -0.1) is 0 Å². The maximum Gasteiger partial charge on any atom is 0.346 e. The molecule has 0 amide bonds. The molecule has 0 saturated carbocycles. The minimum Gasteiger partial charge on any atom is -0.508 e. The third-order valence-electron chi connectivity index (χ3n) is 3.93. The van der Waals surface area contributed by atoms with Gasteiger partial charge in [-0.1, -0.05) is 18.2 Å². The molecule has 2 heterocycles. The topological polar surface area (TPSA) is 79.1 Å². The number of nitrogens with one attached hydrogen (secondary N) is 1. The summed E-state index contributed by atoms with van der Waals surface area (Å²) < 4.78 is 5.80. The third-order valence-corrected chi connectivity index (χ3v) is 3.93.